The normalized spacial score (nSPS) is 31.5. The SMILES string of the molecule is Cl.NC(CNC(=O)C1CCCCC1C(=O)NC1CCS(=O)(=O)C1)C1CC1. The molecule has 9 heteroatoms. The predicted molar refractivity (Wildman–Crippen MR) is 102 cm³/mol. The summed E-state index contributed by atoms with van der Waals surface area (Å²) in [5.74, 6) is -0.296. The molecular formula is C17H30ClN3O4S. The first-order valence-corrected chi connectivity index (χ1v) is 11.2. The highest BCUT2D eigenvalue weighted by molar-refractivity contribution is 7.91. The third-order valence-corrected chi connectivity index (χ3v) is 7.53. The van der Waals surface area contributed by atoms with E-state index in [4.69, 9.17) is 5.73 Å². The molecule has 0 spiro atoms. The van der Waals surface area contributed by atoms with Crippen LogP contribution in [0, 0.1) is 17.8 Å². The van der Waals surface area contributed by atoms with E-state index in [0.29, 0.717) is 31.7 Å². The molecule has 4 N–H and O–H groups in total. The number of rotatable bonds is 6. The van der Waals surface area contributed by atoms with Crippen LogP contribution in [-0.2, 0) is 19.4 Å². The lowest BCUT2D eigenvalue weighted by Gasteiger charge is -2.30. The Labute approximate surface area is 161 Å². The average molecular weight is 408 g/mol. The molecule has 1 saturated heterocycles. The second-order valence-corrected chi connectivity index (χ2v) is 10.1. The van der Waals surface area contributed by atoms with Crippen LogP contribution in [0.1, 0.15) is 44.9 Å². The van der Waals surface area contributed by atoms with Gasteiger partial charge in [-0.2, -0.15) is 0 Å². The molecule has 2 aliphatic carbocycles. The van der Waals surface area contributed by atoms with E-state index in [-0.39, 0.29) is 59.6 Å². The molecule has 26 heavy (non-hydrogen) atoms. The fraction of sp³-hybridized carbons (Fsp3) is 0.882. The number of carbonyl (C=O) groups excluding carboxylic acids is 2. The lowest BCUT2D eigenvalue weighted by Crippen LogP contribution is -2.48. The van der Waals surface area contributed by atoms with Crippen molar-refractivity contribution in [1.82, 2.24) is 10.6 Å². The second-order valence-electron chi connectivity index (χ2n) is 7.85. The van der Waals surface area contributed by atoms with Crippen LogP contribution in [0.4, 0.5) is 0 Å². The first-order valence-electron chi connectivity index (χ1n) is 9.40. The average Bonchev–Trinajstić information content (AvgIpc) is 3.37. The highest BCUT2D eigenvalue weighted by Gasteiger charge is 2.38. The van der Waals surface area contributed by atoms with Crippen molar-refractivity contribution in [2.45, 2.75) is 57.0 Å². The van der Waals surface area contributed by atoms with Crippen LogP contribution in [0.5, 0.6) is 0 Å². The van der Waals surface area contributed by atoms with Crippen molar-refractivity contribution in [1.29, 1.82) is 0 Å². The number of nitrogens with one attached hydrogen (secondary N) is 2. The molecule has 3 aliphatic rings. The summed E-state index contributed by atoms with van der Waals surface area (Å²) in [6, 6.07) is -0.310. The van der Waals surface area contributed by atoms with Crippen LogP contribution in [0.2, 0.25) is 0 Å². The molecule has 3 fully saturated rings. The van der Waals surface area contributed by atoms with E-state index in [1.165, 1.54) is 0 Å². The Morgan fingerprint density at radius 1 is 1.00 bits per heavy atom. The van der Waals surface area contributed by atoms with Gasteiger partial charge >= 0.3 is 0 Å². The number of halogens is 1. The molecule has 0 aromatic rings. The number of nitrogens with two attached hydrogens (primary N) is 1. The molecule has 3 rings (SSSR count). The second kappa shape index (κ2) is 8.89. The van der Waals surface area contributed by atoms with E-state index in [2.05, 4.69) is 10.6 Å². The summed E-state index contributed by atoms with van der Waals surface area (Å²) in [7, 11) is -3.03. The van der Waals surface area contributed by atoms with Gasteiger partial charge in [0.25, 0.3) is 0 Å². The Kier molecular flexibility index (Phi) is 7.33. The molecule has 7 nitrogen and oxygen atoms in total. The smallest absolute Gasteiger partial charge is 0.224 e. The highest BCUT2D eigenvalue weighted by Crippen LogP contribution is 2.32. The first kappa shape index (κ1) is 21.4. The molecule has 2 saturated carbocycles. The van der Waals surface area contributed by atoms with Gasteiger partial charge in [0.15, 0.2) is 9.84 Å². The fourth-order valence-electron chi connectivity index (χ4n) is 4.02. The zero-order chi connectivity index (χ0) is 18.0. The minimum atomic E-state index is -3.03. The summed E-state index contributed by atoms with van der Waals surface area (Å²) in [6.45, 7) is 0.467. The lowest BCUT2D eigenvalue weighted by atomic mass is 9.78. The van der Waals surface area contributed by atoms with Crippen LogP contribution in [0.15, 0.2) is 0 Å². The third-order valence-electron chi connectivity index (χ3n) is 5.76. The Balaban J connectivity index is 0.00000243. The van der Waals surface area contributed by atoms with Crippen LogP contribution < -0.4 is 16.4 Å². The molecular weight excluding hydrogens is 378 g/mol. The monoisotopic (exact) mass is 407 g/mol. The van der Waals surface area contributed by atoms with E-state index in [9.17, 15) is 18.0 Å². The molecule has 2 amide bonds. The van der Waals surface area contributed by atoms with Gasteiger partial charge in [0, 0.05) is 30.5 Å². The van der Waals surface area contributed by atoms with Gasteiger partial charge in [0.2, 0.25) is 11.8 Å². The fourth-order valence-corrected chi connectivity index (χ4v) is 5.69. The largest absolute Gasteiger partial charge is 0.354 e. The number of hydrogen-bond acceptors (Lipinski definition) is 5. The predicted octanol–water partition coefficient (Wildman–Crippen LogP) is 0.371. The summed E-state index contributed by atoms with van der Waals surface area (Å²) in [5.41, 5.74) is 6.03. The maximum atomic E-state index is 12.6. The minimum Gasteiger partial charge on any atom is -0.354 e. The summed E-state index contributed by atoms with van der Waals surface area (Å²) >= 11 is 0. The molecule has 1 aliphatic heterocycles. The zero-order valence-corrected chi connectivity index (χ0v) is 16.6. The van der Waals surface area contributed by atoms with E-state index in [1.807, 2.05) is 0 Å². The van der Waals surface area contributed by atoms with Gasteiger partial charge in [0.1, 0.15) is 0 Å². The molecule has 150 valence electrons. The Morgan fingerprint density at radius 2 is 1.62 bits per heavy atom. The van der Waals surface area contributed by atoms with Crippen molar-refractivity contribution < 1.29 is 18.0 Å². The number of carbonyl (C=O) groups is 2. The molecule has 0 radical (unpaired) electrons. The number of sulfone groups is 1. The number of hydrogen-bond donors (Lipinski definition) is 3. The highest BCUT2D eigenvalue weighted by atomic mass is 35.5. The Hall–Kier alpha value is -0.860. The van der Waals surface area contributed by atoms with Gasteiger partial charge in [-0.1, -0.05) is 12.8 Å². The van der Waals surface area contributed by atoms with Crippen molar-refractivity contribution in [3.63, 3.8) is 0 Å². The van der Waals surface area contributed by atoms with E-state index < -0.39 is 9.84 Å². The van der Waals surface area contributed by atoms with Gasteiger partial charge in [-0.3, -0.25) is 9.59 Å². The van der Waals surface area contributed by atoms with Crippen molar-refractivity contribution in [2.75, 3.05) is 18.1 Å². The van der Waals surface area contributed by atoms with Gasteiger partial charge in [-0.25, -0.2) is 8.42 Å². The van der Waals surface area contributed by atoms with E-state index in [1.54, 1.807) is 0 Å². The summed E-state index contributed by atoms with van der Waals surface area (Å²) in [6.07, 6.45) is 5.98. The van der Waals surface area contributed by atoms with Crippen molar-refractivity contribution in [3.8, 4) is 0 Å². The molecule has 0 aromatic carbocycles. The van der Waals surface area contributed by atoms with E-state index in [0.717, 1.165) is 25.7 Å². The van der Waals surface area contributed by atoms with Crippen LogP contribution in [0.25, 0.3) is 0 Å². The van der Waals surface area contributed by atoms with Gasteiger partial charge in [-0.15, -0.1) is 12.4 Å². The number of amides is 2. The van der Waals surface area contributed by atoms with Crippen LogP contribution >= 0.6 is 12.4 Å². The maximum Gasteiger partial charge on any atom is 0.224 e. The topological polar surface area (TPSA) is 118 Å². The summed E-state index contributed by atoms with van der Waals surface area (Å²) < 4.78 is 23.1. The van der Waals surface area contributed by atoms with Crippen molar-refractivity contribution in [2.24, 2.45) is 23.5 Å². The summed E-state index contributed by atoms with van der Waals surface area (Å²) in [4.78, 5) is 25.2. The van der Waals surface area contributed by atoms with Gasteiger partial charge in [-0.05, 0) is 38.0 Å². The molecule has 1 heterocycles. The van der Waals surface area contributed by atoms with Gasteiger partial charge < -0.3 is 16.4 Å². The standard InChI is InChI=1S/C17H29N3O4S.ClH/c18-15(11-5-6-11)9-19-16(21)13-3-1-2-4-14(13)17(22)20-12-7-8-25(23,24)10-12;/h11-15H,1-10,18H2,(H,19,21)(H,20,22);1H. The molecule has 4 unspecified atom stereocenters. The minimum absolute atomic E-state index is 0. The molecule has 0 aromatic heterocycles. The quantitative estimate of drug-likeness (QED) is 0.587. The first-order chi connectivity index (χ1) is 11.9. The van der Waals surface area contributed by atoms with Crippen LogP contribution in [0.3, 0.4) is 0 Å². The van der Waals surface area contributed by atoms with Gasteiger partial charge in [0.05, 0.1) is 11.5 Å². The zero-order valence-electron chi connectivity index (χ0n) is 15.0. The molecule has 0 bridgehead atoms. The van der Waals surface area contributed by atoms with E-state index >= 15 is 0 Å². The Morgan fingerprint density at radius 3 is 2.15 bits per heavy atom. The van der Waals surface area contributed by atoms with Crippen molar-refractivity contribution in [3.05, 3.63) is 0 Å². The third kappa shape index (κ3) is 5.57. The molecule has 4 atom stereocenters. The van der Waals surface area contributed by atoms with Crippen LogP contribution in [-0.4, -0.2) is 50.4 Å². The Bertz CT molecular complexity index is 623. The lowest BCUT2D eigenvalue weighted by molar-refractivity contribution is -0.137. The van der Waals surface area contributed by atoms with Crippen molar-refractivity contribution >= 4 is 34.1 Å². The summed E-state index contributed by atoms with van der Waals surface area (Å²) in [5, 5.41) is 5.78. The maximum absolute atomic E-state index is 12.6.